The minimum absolute atomic E-state index is 0.322. The van der Waals surface area contributed by atoms with Crippen molar-refractivity contribution in [3.05, 3.63) is 24.8 Å². The molecule has 0 heterocycles. The number of carbonyl (C=O) groups is 1. The van der Waals surface area contributed by atoms with Crippen LogP contribution in [0.15, 0.2) is 24.8 Å². The van der Waals surface area contributed by atoms with Crippen molar-refractivity contribution in [2.24, 2.45) is 11.8 Å². The Morgan fingerprint density at radius 2 is 2.25 bits per heavy atom. The average Bonchev–Trinajstić information content (AvgIpc) is 2.36. The molecule has 0 N–H and O–H groups in total. The van der Waals surface area contributed by atoms with E-state index in [4.69, 9.17) is 9.47 Å². The zero-order valence-corrected chi connectivity index (χ0v) is 9.43. The molecule has 0 spiro atoms. The van der Waals surface area contributed by atoms with Gasteiger partial charge in [0.15, 0.2) is 0 Å². The summed E-state index contributed by atoms with van der Waals surface area (Å²) in [6, 6.07) is 0. The van der Waals surface area contributed by atoms with Crippen molar-refractivity contribution in [1.82, 2.24) is 0 Å². The van der Waals surface area contributed by atoms with Crippen molar-refractivity contribution in [3.63, 3.8) is 0 Å². The number of ether oxygens (including phenoxy) is 2. The molecule has 2 bridgehead atoms. The van der Waals surface area contributed by atoms with Gasteiger partial charge in [-0.1, -0.05) is 18.7 Å². The molecule has 3 rings (SSSR count). The molecule has 3 aliphatic rings. The Morgan fingerprint density at radius 3 is 2.81 bits per heavy atom. The quantitative estimate of drug-likeness (QED) is 0.309. The van der Waals surface area contributed by atoms with Crippen LogP contribution in [0.4, 0.5) is 0 Å². The normalized spacial score (nSPS) is 31.4. The van der Waals surface area contributed by atoms with Gasteiger partial charge in [-0.3, -0.25) is 0 Å². The number of hydrogen-bond donors (Lipinski definition) is 0. The van der Waals surface area contributed by atoms with Gasteiger partial charge in [-0.2, -0.15) is 0 Å². The van der Waals surface area contributed by atoms with Crippen molar-refractivity contribution < 1.29 is 14.3 Å². The van der Waals surface area contributed by atoms with E-state index >= 15 is 0 Å². The highest BCUT2D eigenvalue weighted by molar-refractivity contribution is 5.81. The van der Waals surface area contributed by atoms with E-state index in [1.54, 1.807) is 0 Å². The van der Waals surface area contributed by atoms with Gasteiger partial charge in [0, 0.05) is 12.0 Å². The maximum absolute atomic E-state index is 10.8. The van der Waals surface area contributed by atoms with E-state index < -0.39 is 0 Å². The molecule has 0 saturated heterocycles. The Kier molecular flexibility index (Phi) is 3.78. The molecule has 0 aromatic carbocycles. The maximum Gasteiger partial charge on any atom is 0.330 e. The van der Waals surface area contributed by atoms with Crippen LogP contribution in [0.5, 0.6) is 0 Å². The van der Waals surface area contributed by atoms with E-state index in [0.717, 1.165) is 6.42 Å². The van der Waals surface area contributed by atoms with Crippen LogP contribution in [0.1, 0.15) is 19.3 Å². The van der Waals surface area contributed by atoms with Gasteiger partial charge in [0.2, 0.25) is 0 Å². The third-order valence-electron chi connectivity index (χ3n) is 3.34. The topological polar surface area (TPSA) is 35.5 Å². The first-order valence-corrected chi connectivity index (χ1v) is 5.88. The van der Waals surface area contributed by atoms with E-state index in [-0.39, 0.29) is 5.97 Å². The summed E-state index contributed by atoms with van der Waals surface area (Å²) in [6.45, 7) is 4.15. The molecule has 0 aliphatic heterocycles. The predicted octanol–water partition coefficient (Wildman–Crippen LogP) is 2.09. The average molecular weight is 222 g/mol. The summed E-state index contributed by atoms with van der Waals surface area (Å²) in [5, 5.41) is 0. The van der Waals surface area contributed by atoms with Crippen molar-refractivity contribution in [2.75, 3.05) is 13.2 Å². The monoisotopic (exact) mass is 222 g/mol. The Morgan fingerprint density at radius 1 is 1.38 bits per heavy atom. The Bertz CT molecular complexity index is 296. The molecule has 3 nitrogen and oxygen atoms in total. The third kappa shape index (κ3) is 2.73. The molecular weight excluding hydrogens is 204 g/mol. The van der Waals surface area contributed by atoms with Crippen LogP contribution < -0.4 is 0 Å². The highest BCUT2D eigenvalue weighted by Crippen LogP contribution is 2.37. The first-order valence-electron chi connectivity index (χ1n) is 5.88. The minimum Gasteiger partial charge on any atom is -0.460 e. The minimum atomic E-state index is -0.381. The number of rotatable bonds is 5. The van der Waals surface area contributed by atoms with Crippen molar-refractivity contribution in [2.45, 2.75) is 25.4 Å². The first-order chi connectivity index (χ1) is 7.79. The Balaban J connectivity index is 1.66. The first kappa shape index (κ1) is 11.4. The molecule has 3 aliphatic carbocycles. The molecule has 0 amide bonds. The summed E-state index contributed by atoms with van der Waals surface area (Å²) >= 11 is 0. The number of allylic oxidation sites excluding steroid dienone is 1. The van der Waals surface area contributed by atoms with Gasteiger partial charge in [0.25, 0.3) is 0 Å². The second kappa shape index (κ2) is 5.30. The molecule has 3 atom stereocenters. The summed E-state index contributed by atoms with van der Waals surface area (Å²) in [4.78, 5) is 10.8. The van der Waals surface area contributed by atoms with Crippen molar-refractivity contribution >= 4 is 5.97 Å². The van der Waals surface area contributed by atoms with Crippen LogP contribution in [0.2, 0.25) is 0 Å². The van der Waals surface area contributed by atoms with Gasteiger partial charge in [0.05, 0.1) is 12.7 Å². The summed E-state index contributed by atoms with van der Waals surface area (Å²) in [6.07, 6.45) is 9.74. The van der Waals surface area contributed by atoms with E-state index in [0.29, 0.717) is 31.2 Å². The van der Waals surface area contributed by atoms with Gasteiger partial charge < -0.3 is 9.47 Å². The van der Waals surface area contributed by atoms with E-state index in [1.165, 1.54) is 18.9 Å². The zero-order valence-electron chi connectivity index (χ0n) is 9.43. The molecule has 1 fully saturated rings. The van der Waals surface area contributed by atoms with Gasteiger partial charge in [-0.15, -0.1) is 0 Å². The smallest absolute Gasteiger partial charge is 0.330 e. The van der Waals surface area contributed by atoms with Gasteiger partial charge in [-0.25, -0.2) is 4.79 Å². The lowest BCUT2D eigenvalue weighted by Crippen LogP contribution is -2.34. The van der Waals surface area contributed by atoms with Crippen LogP contribution in [0.3, 0.4) is 0 Å². The molecule has 88 valence electrons. The highest BCUT2D eigenvalue weighted by Gasteiger charge is 2.32. The van der Waals surface area contributed by atoms with Crippen LogP contribution >= 0.6 is 0 Å². The summed E-state index contributed by atoms with van der Waals surface area (Å²) in [5.41, 5.74) is 0. The molecule has 0 aromatic rings. The number of fused-ring (bicyclic) bond motifs is 2. The zero-order chi connectivity index (χ0) is 11.4. The number of esters is 1. The van der Waals surface area contributed by atoms with Gasteiger partial charge in [0.1, 0.15) is 6.61 Å². The lowest BCUT2D eigenvalue weighted by molar-refractivity contribution is -0.140. The lowest BCUT2D eigenvalue weighted by Gasteiger charge is -2.37. The highest BCUT2D eigenvalue weighted by atomic mass is 16.6. The van der Waals surface area contributed by atoms with E-state index in [2.05, 4.69) is 18.7 Å². The second-order valence-corrected chi connectivity index (χ2v) is 4.40. The maximum atomic E-state index is 10.8. The number of carbonyl (C=O) groups excluding carboxylic acids is 1. The summed E-state index contributed by atoms with van der Waals surface area (Å²) < 4.78 is 10.6. The van der Waals surface area contributed by atoms with Crippen molar-refractivity contribution in [1.29, 1.82) is 0 Å². The molecule has 0 aromatic heterocycles. The van der Waals surface area contributed by atoms with E-state index in [9.17, 15) is 4.79 Å². The fourth-order valence-electron chi connectivity index (χ4n) is 2.47. The van der Waals surface area contributed by atoms with E-state index in [1.807, 2.05) is 0 Å². The predicted molar refractivity (Wildman–Crippen MR) is 60.9 cm³/mol. The van der Waals surface area contributed by atoms with Crippen LogP contribution in [-0.2, 0) is 14.3 Å². The van der Waals surface area contributed by atoms with Crippen LogP contribution in [-0.4, -0.2) is 25.3 Å². The Hall–Kier alpha value is -1.09. The van der Waals surface area contributed by atoms with Crippen molar-refractivity contribution in [3.8, 4) is 0 Å². The van der Waals surface area contributed by atoms with Crippen LogP contribution in [0.25, 0.3) is 0 Å². The SMILES string of the molecule is C=CC(=O)OCCOC1CC2C=CC1CC2. The van der Waals surface area contributed by atoms with Gasteiger partial charge >= 0.3 is 5.97 Å². The molecule has 0 radical (unpaired) electrons. The molecule has 1 saturated carbocycles. The molecule has 16 heavy (non-hydrogen) atoms. The molecule has 3 heteroatoms. The second-order valence-electron chi connectivity index (χ2n) is 4.40. The summed E-state index contributed by atoms with van der Waals surface area (Å²) in [7, 11) is 0. The third-order valence-corrected chi connectivity index (χ3v) is 3.34. The van der Waals surface area contributed by atoms with Gasteiger partial charge in [-0.05, 0) is 25.2 Å². The molecule has 3 unspecified atom stereocenters. The largest absolute Gasteiger partial charge is 0.460 e. The fourth-order valence-corrected chi connectivity index (χ4v) is 2.47. The standard InChI is InChI=1S/C13H18O3/c1-2-13(14)16-8-7-15-12-9-10-3-5-11(12)6-4-10/h2-3,5,10-12H,1,4,6-9H2. The molecular formula is C13H18O3. The Labute approximate surface area is 96.1 Å². The lowest BCUT2D eigenvalue weighted by atomic mass is 9.74. The fraction of sp³-hybridized carbons (Fsp3) is 0.615. The number of hydrogen-bond acceptors (Lipinski definition) is 3. The van der Waals surface area contributed by atoms with Crippen LogP contribution in [0, 0.1) is 11.8 Å². The summed E-state index contributed by atoms with van der Waals surface area (Å²) in [5.74, 6) is 0.888.